The summed E-state index contributed by atoms with van der Waals surface area (Å²) in [5, 5.41) is 0. The lowest BCUT2D eigenvalue weighted by Crippen LogP contribution is -3.00. The van der Waals surface area contributed by atoms with Gasteiger partial charge in [-0.1, -0.05) is 0 Å². The molecule has 0 heterocycles. The summed E-state index contributed by atoms with van der Waals surface area (Å²) in [6.45, 7) is 0. The molecule has 0 saturated heterocycles. The smallest absolute Gasteiger partial charge is 0.262 e. The van der Waals surface area contributed by atoms with Gasteiger partial charge in [0.25, 0.3) is 0 Å². The first-order valence-corrected chi connectivity index (χ1v) is 5.34. The Bertz CT molecular complexity index is 189. The first kappa shape index (κ1) is 6.67. The Hall–Kier alpha value is 0.250. The zero-order valence-electron chi connectivity index (χ0n) is 6.28. The molecule has 6 aliphatic carbocycles. The Morgan fingerprint density at radius 1 is 0.667 bits per heavy atom. The third kappa shape index (κ3) is 0.377. The summed E-state index contributed by atoms with van der Waals surface area (Å²) in [6.07, 6.45) is 0. The highest BCUT2D eigenvalue weighted by atomic mass is 35.5. The maximum Gasteiger partial charge on any atom is 0.313 e. The van der Waals surface area contributed by atoms with Crippen molar-refractivity contribution in [3.8, 4) is 0 Å². The van der Waals surface area contributed by atoms with Crippen LogP contribution in [-0.2, 0) is 0 Å². The molecule has 6 aliphatic rings. The normalized spacial score (nSPS) is 74.2. The first-order chi connectivity index (χ1) is 5.73. The average Bonchev–Trinajstić information content (AvgIpc) is 2.05. The van der Waals surface area contributed by atoms with Crippen molar-refractivity contribution in [1.29, 1.82) is 0 Å². The van der Waals surface area contributed by atoms with Gasteiger partial charge in [0.1, 0.15) is 0 Å². The number of rotatable bonds is 0. The Morgan fingerprint density at radius 2 is 0.750 bits per heavy atom. The van der Waals surface area contributed by atoms with Crippen LogP contribution in [0.15, 0.2) is 0 Å². The van der Waals surface area contributed by atoms with Gasteiger partial charge in [0.15, 0.2) is 0 Å². The van der Waals surface area contributed by atoms with E-state index in [1.807, 2.05) is 0 Å². The molecule has 6 fully saturated rings. The molecule has 0 radical (unpaired) electrons. The Morgan fingerprint density at radius 3 is 0.833 bits per heavy atom. The molecule has 64 valence electrons. The molecule has 0 amide bonds. The summed E-state index contributed by atoms with van der Waals surface area (Å²) in [5.41, 5.74) is 0. The molecule has 12 heavy (non-hydrogen) atoms. The molecule has 0 aromatic carbocycles. The van der Waals surface area contributed by atoms with Gasteiger partial charge in [0, 0.05) is 0 Å². The second kappa shape index (κ2) is 1.59. The lowest BCUT2D eigenvalue weighted by Gasteiger charge is -3.03. The van der Waals surface area contributed by atoms with Crippen molar-refractivity contribution in [2.75, 3.05) is 0 Å². The van der Waals surface area contributed by atoms with Crippen molar-refractivity contribution in [2.45, 2.75) is 0 Å². The van der Waals surface area contributed by atoms with Gasteiger partial charge < -0.3 is 0 Å². The second-order valence-electron chi connectivity index (χ2n) is 4.84. The molecule has 0 unspecified atom stereocenters. The maximum atomic E-state index is 8.98. The Labute approximate surface area is 80.4 Å². The van der Waals surface area contributed by atoms with E-state index in [-0.39, 0.29) is 0 Å². The molecule has 0 aromatic heterocycles. The van der Waals surface area contributed by atoms with Gasteiger partial charge in [-0.2, -0.15) is 0 Å². The summed E-state index contributed by atoms with van der Waals surface area (Å²) in [6, 6.07) is 0. The molecule has 3 heteroatoms. The van der Waals surface area contributed by atoms with Crippen molar-refractivity contribution in [2.24, 2.45) is 47.3 Å². The van der Waals surface area contributed by atoms with Crippen LogP contribution in [0.1, 0.15) is 0 Å². The van der Waals surface area contributed by atoms with Gasteiger partial charge in [-0.3, -0.25) is 4.79 Å². The second-order valence-corrected chi connectivity index (χ2v) is 5.72. The van der Waals surface area contributed by atoms with E-state index in [1.165, 1.54) is 47.3 Å². The number of hydrogen-bond donors (Lipinski definition) is 0. The van der Waals surface area contributed by atoms with Crippen molar-refractivity contribution in [3.05, 3.63) is 0 Å². The van der Waals surface area contributed by atoms with E-state index in [4.69, 9.17) is 4.79 Å². The van der Waals surface area contributed by atoms with Gasteiger partial charge in [0.2, 0.25) is 0 Å². The van der Waals surface area contributed by atoms with E-state index < -0.39 is 4.70 Å². The summed E-state index contributed by atoms with van der Waals surface area (Å²) >= 11 is 8.80. The van der Waals surface area contributed by atoms with Crippen LogP contribution < -0.4 is 0 Å². The van der Waals surface area contributed by atoms with Crippen LogP contribution in [0.25, 0.3) is 0 Å². The molecule has 0 N–H and O–H groups in total. The largest absolute Gasteiger partial charge is 0.313 e. The van der Waals surface area contributed by atoms with Crippen LogP contribution in [0.4, 0.5) is 4.79 Å². The van der Waals surface area contributed by atoms with Crippen molar-refractivity contribution >= 4 is 27.9 Å². The van der Waals surface area contributed by atoms with E-state index in [9.17, 15) is 0 Å². The lowest BCUT2D eigenvalue weighted by molar-refractivity contribution is -0.565. The summed E-state index contributed by atoms with van der Waals surface area (Å²) in [7, 11) is 0. The minimum atomic E-state index is -0.889. The molecular formula is C9H8Cl2O. The van der Waals surface area contributed by atoms with Gasteiger partial charge in [-0.15, -0.1) is 0 Å². The van der Waals surface area contributed by atoms with Gasteiger partial charge in [-0.25, -0.2) is 0 Å². The number of hydrogen-bond acceptors (Lipinski definition) is 1. The molecule has 0 aromatic rings. The Balaban J connectivity index is 0.000000101. The van der Waals surface area contributed by atoms with E-state index >= 15 is 0 Å². The fourth-order valence-electron chi connectivity index (χ4n) is 5.29. The number of carbonyl (C=O) groups excluding carboxylic acids is 1. The summed E-state index contributed by atoms with van der Waals surface area (Å²) in [5.74, 6) is 10.7. The highest BCUT2D eigenvalue weighted by molar-refractivity contribution is 6.93. The molecule has 0 atom stereocenters. The van der Waals surface area contributed by atoms with E-state index in [1.54, 1.807) is 0 Å². The average molecular weight is 203 g/mol. The molecule has 0 bridgehead atoms. The van der Waals surface area contributed by atoms with E-state index in [0.29, 0.717) is 0 Å². The predicted octanol–water partition coefficient (Wildman–Crippen LogP) is 2.57. The zero-order valence-corrected chi connectivity index (χ0v) is 7.79. The highest BCUT2D eigenvalue weighted by Crippen LogP contribution is 3.00. The van der Waals surface area contributed by atoms with Crippen molar-refractivity contribution < 1.29 is 4.79 Å². The minimum absolute atomic E-state index is 0.889. The third-order valence-electron chi connectivity index (χ3n) is 5.33. The maximum absolute atomic E-state index is 8.98. The first-order valence-electron chi connectivity index (χ1n) is 4.58. The monoisotopic (exact) mass is 202 g/mol. The van der Waals surface area contributed by atoms with Crippen LogP contribution in [-0.4, -0.2) is 4.70 Å². The minimum Gasteiger partial charge on any atom is -0.262 e. The lowest BCUT2D eigenvalue weighted by atomic mass is 9.01. The van der Waals surface area contributed by atoms with Gasteiger partial charge >= 0.3 is 4.70 Å². The highest BCUT2D eigenvalue weighted by Gasteiger charge is 2.97. The predicted molar refractivity (Wildman–Crippen MR) is 45.0 cm³/mol. The quantitative estimate of drug-likeness (QED) is 0.553. The number of halogens is 2. The number of carbonyl (C=O) groups is 1. The van der Waals surface area contributed by atoms with E-state index in [0.717, 1.165) is 0 Å². The van der Waals surface area contributed by atoms with Crippen LogP contribution in [0.2, 0.25) is 0 Å². The SMILES string of the molecule is C12C3C4C1C1C2C3C41.O=C(Cl)Cl. The van der Waals surface area contributed by atoms with Crippen LogP contribution in [0, 0.1) is 47.3 Å². The van der Waals surface area contributed by atoms with Crippen LogP contribution >= 0.6 is 23.2 Å². The molecule has 0 aliphatic heterocycles. The fraction of sp³-hybridized carbons (Fsp3) is 0.889. The molecule has 6 saturated carbocycles. The van der Waals surface area contributed by atoms with E-state index in [2.05, 4.69) is 23.2 Å². The van der Waals surface area contributed by atoms with Gasteiger partial charge in [0.05, 0.1) is 0 Å². The van der Waals surface area contributed by atoms with Crippen molar-refractivity contribution in [1.82, 2.24) is 0 Å². The molecular weight excluding hydrogens is 195 g/mol. The molecule has 6 rings (SSSR count). The topological polar surface area (TPSA) is 17.1 Å². The van der Waals surface area contributed by atoms with Crippen LogP contribution in [0.5, 0.6) is 0 Å². The zero-order chi connectivity index (χ0) is 8.20. The fourth-order valence-corrected chi connectivity index (χ4v) is 5.29. The summed E-state index contributed by atoms with van der Waals surface area (Å²) in [4.78, 5) is 8.98. The molecule has 1 nitrogen and oxygen atoms in total. The standard InChI is InChI=1S/C8H8.CCl2O/c1-2-5-3(1)7-4(1)6(2)8(5)7;2-1(3)4/h1-8H;. The van der Waals surface area contributed by atoms with Crippen LogP contribution in [0.3, 0.4) is 0 Å². The third-order valence-corrected chi connectivity index (χ3v) is 5.33. The Kier molecular flexibility index (Phi) is 0.884. The van der Waals surface area contributed by atoms with Crippen molar-refractivity contribution in [3.63, 3.8) is 0 Å². The summed E-state index contributed by atoms with van der Waals surface area (Å²) < 4.78 is -0.889. The van der Waals surface area contributed by atoms with Gasteiger partial charge in [-0.05, 0) is 70.5 Å². The molecule has 0 spiro atoms.